The van der Waals surface area contributed by atoms with E-state index in [2.05, 4.69) is 12.2 Å². The molecule has 0 aliphatic carbocycles. The van der Waals surface area contributed by atoms with Gasteiger partial charge < -0.3 is 9.73 Å². The third-order valence-corrected chi connectivity index (χ3v) is 3.20. The van der Waals surface area contributed by atoms with Crippen LogP contribution < -0.4 is 5.32 Å². The topological polar surface area (TPSA) is 42.2 Å². The summed E-state index contributed by atoms with van der Waals surface area (Å²) < 4.78 is 5.23. The normalized spacial score (nSPS) is 12.3. The van der Waals surface area contributed by atoms with Crippen LogP contribution in [0.3, 0.4) is 0 Å². The van der Waals surface area contributed by atoms with Crippen LogP contribution in [0, 0.1) is 0 Å². The second kappa shape index (κ2) is 6.34. The fourth-order valence-electron chi connectivity index (χ4n) is 1.91. The zero-order chi connectivity index (χ0) is 13.7. The lowest BCUT2D eigenvalue weighted by molar-refractivity contribution is 0.0949. The molecule has 0 amide bonds. The van der Waals surface area contributed by atoms with Gasteiger partial charge in [-0.15, -0.1) is 0 Å². The second-order valence-electron chi connectivity index (χ2n) is 4.60. The molecule has 0 spiro atoms. The number of carbonyl (C=O) groups excluding carboxylic acids is 1. The van der Waals surface area contributed by atoms with Gasteiger partial charge in [0.1, 0.15) is 5.76 Å². The lowest BCUT2D eigenvalue weighted by Gasteiger charge is -2.12. The predicted octanol–water partition coefficient (Wildman–Crippen LogP) is 3.20. The Balaban J connectivity index is 1.94. The molecule has 19 heavy (non-hydrogen) atoms. The van der Waals surface area contributed by atoms with Gasteiger partial charge in [0.25, 0.3) is 0 Å². The van der Waals surface area contributed by atoms with Gasteiger partial charge in [-0.2, -0.15) is 0 Å². The first kappa shape index (κ1) is 13.6. The maximum atomic E-state index is 12.2. The van der Waals surface area contributed by atoms with Crippen LogP contribution >= 0.6 is 0 Å². The summed E-state index contributed by atoms with van der Waals surface area (Å²) in [5.41, 5.74) is 1.99. The van der Waals surface area contributed by atoms with E-state index in [1.807, 2.05) is 43.3 Å². The van der Waals surface area contributed by atoms with E-state index in [0.717, 1.165) is 17.7 Å². The third-order valence-electron chi connectivity index (χ3n) is 3.20. The minimum atomic E-state index is -0.224. The second-order valence-corrected chi connectivity index (χ2v) is 4.60. The van der Waals surface area contributed by atoms with Crippen LogP contribution in [0.5, 0.6) is 0 Å². The number of ketones is 1. The smallest absolute Gasteiger partial charge is 0.179 e. The molecule has 1 aromatic heterocycles. The fraction of sp³-hybridized carbons (Fsp3) is 0.312. The summed E-state index contributed by atoms with van der Waals surface area (Å²) in [4.78, 5) is 12.2. The Morgan fingerprint density at radius 3 is 2.58 bits per heavy atom. The minimum Gasteiger partial charge on any atom is -0.468 e. The van der Waals surface area contributed by atoms with E-state index in [9.17, 15) is 4.79 Å². The highest BCUT2D eigenvalue weighted by atomic mass is 16.3. The molecule has 0 radical (unpaired) electrons. The number of Topliss-reactive ketones (excluding diaryl/α,β-unsaturated/α-hetero) is 1. The zero-order valence-electron chi connectivity index (χ0n) is 11.3. The Hall–Kier alpha value is -1.87. The molecule has 2 rings (SSSR count). The molecule has 1 atom stereocenters. The van der Waals surface area contributed by atoms with Crippen molar-refractivity contribution in [2.24, 2.45) is 0 Å². The Labute approximate surface area is 113 Å². The molecule has 2 aromatic rings. The molecule has 1 N–H and O–H groups in total. The van der Waals surface area contributed by atoms with Gasteiger partial charge in [-0.05, 0) is 31.0 Å². The minimum absolute atomic E-state index is 0.106. The molecule has 0 aliphatic rings. The number of benzene rings is 1. The summed E-state index contributed by atoms with van der Waals surface area (Å²) in [5.74, 6) is 0.940. The molecular weight excluding hydrogens is 238 g/mol. The third kappa shape index (κ3) is 3.55. The molecule has 0 fully saturated rings. The molecule has 3 nitrogen and oxygen atoms in total. The average molecular weight is 257 g/mol. The van der Waals surface area contributed by atoms with Crippen LogP contribution in [0.1, 0.15) is 35.5 Å². The van der Waals surface area contributed by atoms with Crippen molar-refractivity contribution in [1.29, 1.82) is 0 Å². The molecule has 0 saturated heterocycles. The summed E-state index contributed by atoms with van der Waals surface area (Å²) in [6, 6.07) is 11.3. The van der Waals surface area contributed by atoms with Crippen LogP contribution in [0.15, 0.2) is 47.1 Å². The van der Waals surface area contributed by atoms with Crippen molar-refractivity contribution in [3.05, 3.63) is 59.5 Å². The lowest BCUT2D eigenvalue weighted by atomic mass is 10.0. The van der Waals surface area contributed by atoms with Crippen molar-refractivity contribution in [3.8, 4) is 0 Å². The van der Waals surface area contributed by atoms with Gasteiger partial charge in [0, 0.05) is 5.56 Å². The van der Waals surface area contributed by atoms with E-state index >= 15 is 0 Å². The number of hydrogen-bond donors (Lipinski definition) is 1. The number of furan rings is 1. The Kier molecular flexibility index (Phi) is 4.53. The van der Waals surface area contributed by atoms with E-state index in [1.165, 1.54) is 5.56 Å². The zero-order valence-corrected chi connectivity index (χ0v) is 11.3. The van der Waals surface area contributed by atoms with Crippen molar-refractivity contribution in [2.45, 2.75) is 32.9 Å². The molecule has 1 unspecified atom stereocenters. The average Bonchev–Trinajstić information content (AvgIpc) is 2.97. The van der Waals surface area contributed by atoms with E-state index in [1.54, 1.807) is 6.26 Å². The number of carbonyl (C=O) groups is 1. The summed E-state index contributed by atoms with van der Waals surface area (Å²) in [5, 5.41) is 3.17. The van der Waals surface area contributed by atoms with Crippen LogP contribution in [-0.4, -0.2) is 11.8 Å². The molecule has 1 aromatic carbocycles. The van der Waals surface area contributed by atoms with Crippen molar-refractivity contribution >= 4 is 5.78 Å². The van der Waals surface area contributed by atoms with Gasteiger partial charge >= 0.3 is 0 Å². The molecule has 3 heteroatoms. The number of nitrogens with one attached hydrogen (secondary N) is 1. The first-order valence-electron chi connectivity index (χ1n) is 6.59. The lowest BCUT2D eigenvalue weighted by Crippen LogP contribution is -2.33. The summed E-state index contributed by atoms with van der Waals surface area (Å²) in [7, 11) is 0. The number of aryl methyl sites for hydroxylation is 1. The Morgan fingerprint density at radius 1 is 1.26 bits per heavy atom. The predicted molar refractivity (Wildman–Crippen MR) is 75.2 cm³/mol. The Bertz CT molecular complexity index is 514. The largest absolute Gasteiger partial charge is 0.468 e. The first-order chi connectivity index (χ1) is 9.20. The standard InChI is InChI=1S/C16H19NO2/c1-3-13-6-8-14(9-7-13)16(18)12(2)17-11-15-5-4-10-19-15/h4-10,12,17H,3,11H2,1-2H3. The van der Waals surface area contributed by atoms with E-state index < -0.39 is 0 Å². The number of rotatable bonds is 6. The molecule has 0 bridgehead atoms. The fourth-order valence-corrected chi connectivity index (χ4v) is 1.91. The van der Waals surface area contributed by atoms with Gasteiger partial charge in [-0.1, -0.05) is 31.2 Å². The summed E-state index contributed by atoms with van der Waals surface area (Å²) in [6.07, 6.45) is 2.62. The monoisotopic (exact) mass is 257 g/mol. The maximum Gasteiger partial charge on any atom is 0.179 e. The van der Waals surface area contributed by atoms with Crippen molar-refractivity contribution in [2.75, 3.05) is 0 Å². The van der Waals surface area contributed by atoms with Gasteiger partial charge in [0.15, 0.2) is 5.78 Å². The maximum absolute atomic E-state index is 12.2. The summed E-state index contributed by atoms with van der Waals surface area (Å²) >= 11 is 0. The Morgan fingerprint density at radius 2 is 2.00 bits per heavy atom. The number of hydrogen-bond acceptors (Lipinski definition) is 3. The van der Waals surface area contributed by atoms with Crippen LogP contribution in [-0.2, 0) is 13.0 Å². The molecular formula is C16H19NO2. The van der Waals surface area contributed by atoms with E-state index in [-0.39, 0.29) is 11.8 Å². The summed E-state index contributed by atoms with van der Waals surface area (Å²) in [6.45, 7) is 4.54. The van der Waals surface area contributed by atoms with Gasteiger partial charge in [0.2, 0.25) is 0 Å². The van der Waals surface area contributed by atoms with Crippen molar-refractivity contribution in [3.63, 3.8) is 0 Å². The van der Waals surface area contributed by atoms with Crippen LogP contribution in [0.2, 0.25) is 0 Å². The van der Waals surface area contributed by atoms with Crippen LogP contribution in [0.4, 0.5) is 0 Å². The highest BCUT2D eigenvalue weighted by Crippen LogP contribution is 2.08. The SMILES string of the molecule is CCc1ccc(C(=O)C(C)NCc2ccco2)cc1. The van der Waals surface area contributed by atoms with Crippen molar-refractivity contribution < 1.29 is 9.21 Å². The van der Waals surface area contributed by atoms with E-state index in [4.69, 9.17) is 4.42 Å². The molecule has 0 saturated carbocycles. The molecule has 0 aliphatic heterocycles. The first-order valence-corrected chi connectivity index (χ1v) is 6.59. The molecule has 1 heterocycles. The van der Waals surface area contributed by atoms with Crippen molar-refractivity contribution in [1.82, 2.24) is 5.32 Å². The van der Waals surface area contributed by atoms with Gasteiger partial charge in [0.05, 0.1) is 18.8 Å². The van der Waals surface area contributed by atoms with E-state index in [0.29, 0.717) is 6.54 Å². The van der Waals surface area contributed by atoms with Gasteiger partial charge in [-0.25, -0.2) is 0 Å². The van der Waals surface area contributed by atoms with Crippen LogP contribution in [0.25, 0.3) is 0 Å². The van der Waals surface area contributed by atoms with Gasteiger partial charge in [-0.3, -0.25) is 4.79 Å². The quantitative estimate of drug-likeness (QED) is 0.808. The highest BCUT2D eigenvalue weighted by Gasteiger charge is 2.14. The highest BCUT2D eigenvalue weighted by molar-refractivity contribution is 5.99. The molecule has 100 valence electrons.